The number of hydrogen-bond acceptors (Lipinski definition) is 4. The van der Waals surface area contributed by atoms with Gasteiger partial charge < -0.3 is 25.0 Å². The van der Waals surface area contributed by atoms with Crippen LogP contribution in [0.4, 0.5) is 0 Å². The van der Waals surface area contributed by atoms with Gasteiger partial charge in [0.15, 0.2) is 5.96 Å². The molecule has 0 aromatic rings. The molecule has 0 radical (unpaired) electrons. The van der Waals surface area contributed by atoms with Gasteiger partial charge in [0, 0.05) is 33.9 Å². The van der Waals surface area contributed by atoms with Gasteiger partial charge in [-0.05, 0) is 45.3 Å². The van der Waals surface area contributed by atoms with Gasteiger partial charge in [-0.3, -0.25) is 4.99 Å². The first-order chi connectivity index (χ1) is 10.4. The molecule has 0 spiro atoms. The third-order valence-electron chi connectivity index (χ3n) is 3.56. The zero-order valence-corrected chi connectivity index (χ0v) is 16.4. The Kier molecular flexibility index (Phi) is 15.7. The van der Waals surface area contributed by atoms with Crippen LogP contribution in [0, 0.1) is 0 Å². The summed E-state index contributed by atoms with van der Waals surface area (Å²) in [6.07, 6.45) is 4.87. The van der Waals surface area contributed by atoms with E-state index in [-0.39, 0.29) is 24.0 Å². The van der Waals surface area contributed by atoms with E-state index >= 15 is 0 Å². The van der Waals surface area contributed by atoms with Crippen molar-refractivity contribution in [2.24, 2.45) is 4.99 Å². The van der Waals surface area contributed by atoms with E-state index in [4.69, 9.17) is 9.47 Å². The van der Waals surface area contributed by atoms with Crippen molar-refractivity contribution in [1.82, 2.24) is 15.5 Å². The van der Waals surface area contributed by atoms with Crippen molar-refractivity contribution in [1.29, 1.82) is 0 Å². The number of likely N-dealkylation sites (tertiary alicyclic amines) is 1. The number of nitrogens with one attached hydrogen (secondary N) is 2. The molecule has 0 atom stereocenters. The third-order valence-corrected chi connectivity index (χ3v) is 3.56. The van der Waals surface area contributed by atoms with E-state index in [1.807, 2.05) is 7.05 Å². The number of hydrogen-bond donors (Lipinski definition) is 2. The predicted molar refractivity (Wildman–Crippen MR) is 102 cm³/mol. The molecule has 22 heavy (non-hydrogen) atoms. The summed E-state index contributed by atoms with van der Waals surface area (Å²) >= 11 is 0. The Morgan fingerprint density at radius 2 is 1.73 bits per heavy atom. The Morgan fingerprint density at radius 1 is 1.05 bits per heavy atom. The minimum atomic E-state index is 0. The highest BCUT2D eigenvalue weighted by atomic mass is 127. The van der Waals surface area contributed by atoms with Gasteiger partial charge in [-0.15, -0.1) is 24.0 Å². The van der Waals surface area contributed by atoms with Crippen molar-refractivity contribution in [2.45, 2.75) is 25.7 Å². The largest absolute Gasteiger partial charge is 0.382 e. The molecule has 0 saturated carbocycles. The number of nitrogens with zero attached hydrogens (tertiary/aromatic N) is 2. The van der Waals surface area contributed by atoms with Gasteiger partial charge in [0.25, 0.3) is 0 Å². The van der Waals surface area contributed by atoms with E-state index < -0.39 is 0 Å². The fraction of sp³-hybridized carbons (Fsp3) is 0.933. The highest BCUT2D eigenvalue weighted by molar-refractivity contribution is 14.0. The summed E-state index contributed by atoms with van der Waals surface area (Å²) in [5.74, 6) is 0.883. The number of rotatable bonds is 11. The number of ether oxygens (including phenoxy) is 2. The molecular weight excluding hydrogens is 395 g/mol. The first-order valence-electron chi connectivity index (χ1n) is 8.10. The Labute approximate surface area is 152 Å². The van der Waals surface area contributed by atoms with Crippen LogP contribution in [0.3, 0.4) is 0 Å². The normalized spacial score (nSPS) is 15.6. The Balaban J connectivity index is 0.00000441. The van der Waals surface area contributed by atoms with Crippen LogP contribution in [0.2, 0.25) is 0 Å². The summed E-state index contributed by atoms with van der Waals surface area (Å²) in [5, 5.41) is 6.66. The van der Waals surface area contributed by atoms with E-state index in [1.165, 1.54) is 38.9 Å². The van der Waals surface area contributed by atoms with Crippen molar-refractivity contribution in [3.05, 3.63) is 0 Å². The predicted octanol–water partition coefficient (Wildman–Crippen LogP) is 1.31. The lowest BCUT2D eigenvalue weighted by molar-refractivity contribution is 0.0698. The number of guanidine groups is 1. The molecule has 0 aromatic heterocycles. The van der Waals surface area contributed by atoms with Crippen molar-refractivity contribution in [2.75, 3.05) is 66.7 Å². The SMILES string of the molecule is CN=C(NCCCOCCOC)NCCCN1CCCC1.I. The zero-order valence-electron chi connectivity index (χ0n) is 14.1. The van der Waals surface area contributed by atoms with Crippen LogP contribution in [0.5, 0.6) is 0 Å². The summed E-state index contributed by atoms with van der Waals surface area (Å²) in [6.45, 7) is 7.67. The molecular formula is C15H33IN4O2. The van der Waals surface area contributed by atoms with Crippen molar-refractivity contribution in [3.8, 4) is 0 Å². The standard InChI is InChI=1S/C15H32N4O2.HI/c1-16-15(18-8-6-12-21-14-13-20-2)17-7-5-11-19-9-3-4-10-19;/h3-14H2,1-2H3,(H2,16,17,18);1H. The first kappa shape index (κ1) is 21.9. The van der Waals surface area contributed by atoms with Gasteiger partial charge in [0.2, 0.25) is 0 Å². The Bertz CT molecular complexity index is 274. The average molecular weight is 428 g/mol. The van der Waals surface area contributed by atoms with Crippen LogP contribution in [-0.4, -0.2) is 77.6 Å². The van der Waals surface area contributed by atoms with Gasteiger partial charge in [0.1, 0.15) is 0 Å². The van der Waals surface area contributed by atoms with Gasteiger partial charge in [0.05, 0.1) is 13.2 Å². The van der Waals surface area contributed by atoms with E-state index in [9.17, 15) is 0 Å². The molecule has 1 aliphatic heterocycles. The topological polar surface area (TPSA) is 58.1 Å². The highest BCUT2D eigenvalue weighted by Gasteiger charge is 2.10. The molecule has 0 aliphatic carbocycles. The second-order valence-corrected chi connectivity index (χ2v) is 5.29. The second kappa shape index (κ2) is 15.8. The molecule has 0 aromatic carbocycles. The second-order valence-electron chi connectivity index (χ2n) is 5.29. The minimum absolute atomic E-state index is 0. The van der Waals surface area contributed by atoms with Crippen LogP contribution >= 0.6 is 24.0 Å². The molecule has 0 bridgehead atoms. The monoisotopic (exact) mass is 428 g/mol. The highest BCUT2D eigenvalue weighted by Crippen LogP contribution is 2.06. The smallest absolute Gasteiger partial charge is 0.190 e. The van der Waals surface area contributed by atoms with Crippen LogP contribution in [-0.2, 0) is 9.47 Å². The van der Waals surface area contributed by atoms with E-state index in [2.05, 4.69) is 20.5 Å². The van der Waals surface area contributed by atoms with Crippen LogP contribution < -0.4 is 10.6 Å². The van der Waals surface area contributed by atoms with Crippen LogP contribution in [0.15, 0.2) is 4.99 Å². The number of aliphatic imine (C=N–C) groups is 1. The zero-order chi connectivity index (χ0) is 15.2. The average Bonchev–Trinajstić information content (AvgIpc) is 3.01. The fourth-order valence-electron chi connectivity index (χ4n) is 2.36. The first-order valence-corrected chi connectivity index (χ1v) is 8.10. The quantitative estimate of drug-likeness (QED) is 0.225. The summed E-state index contributed by atoms with van der Waals surface area (Å²) in [7, 11) is 3.50. The molecule has 1 rings (SSSR count). The molecule has 2 N–H and O–H groups in total. The molecule has 1 aliphatic rings. The number of methoxy groups -OCH3 is 1. The van der Waals surface area contributed by atoms with Crippen molar-refractivity contribution >= 4 is 29.9 Å². The molecule has 132 valence electrons. The van der Waals surface area contributed by atoms with Crippen molar-refractivity contribution < 1.29 is 9.47 Å². The number of halogens is 1. The summed E-state index contributed by atoms with van der Waals surface area (Å²) in [4.78, 5) is 6.76. The molecule has 1 saturated heterocycles. The molecule has 6 nitrogen and oxygen atoms in total. The molecule has 0 unspecified atom stereocenters. The summed E-state index contributed by atoms with van der Waals surface area (Å²) in [6, 6.07) is 0. The molecule has 0 amide bonds. The summed E-state index contributed by atoms with van der Waals surface area (Å²) in [5.41, 5.74) is 0. The van der Waals surface area contributed by atoms with Crippen LogP contribution in [0.25, 0.3) is 0 Å². The Morgan fingerprint density at radius 3 is 2.36 bits per heavy atom. The summed E-state index contributed by atoms with van der Waals surface area (Å²) < 4.78 is 10.3. The van der Waals surface area contributed by atoms with E-state index in [1.54, 1.807) is 7.11 Å². The van der Waals surface area contributed by atoms with Crippen molar-refractivity contribution in [3.63, 3.8) is 0 Å². The van der Waals surface area contributed by atoms with Gasteiger partial charge in [-0.2, -0.15) is 0 Å². The molecule has 7 heteroatoms. The lowest BCUT2D eigenvalue weighted by atomic mass is 10.4. The third kappa shape index (κ3) is 11.4. The van der Waals surface area contributed by atoms with Gasteiger partial charge in [-0.1, -0.05) is 0 Å². The molecule has 1 heterocycles. The maximum absolute atomic E-state index is 5.41. The van der Waals surface area contributed by atoms with E-state index in [0.717, 1.165) is 32.1 Å². The molecule has 1 fully saturated rings. The maximum atomic E-state index is 5.41. The minimum Gasteiger partial charge on any atom is -0.382 e. The van der Waals surface area contributed by atoms with Gasteiger partial charge >= 0.3 is 0 Å². The van der Waals surface area contributed by atoms with Crippen LogP contribution in [0.1, 0.15) is 25.7 Å². The Hall–Kier alpha value is -0.120. The van der Waals surface area contributed by atoms with E-state index in [0.29, 0.717) is 13.2 Å². The lowest BCUT2D eigenvalue weighted by Crippen LogP contribution is -2.39. The fourth-order valence-corrected chi connectivity index (χ4v) is 2.36. The maximum Gasteiger partial charge on any atom is 0.190 e. The lowest BCUT2D eigenvalue weighted by Gasteiger charge is -2.16. The van der Waals surface area contributed by atoms with Gasteiger partial charge in [-0.25, -0.2) is 0 Å².